The van der Waals surface area contributed by atoms with Gasteiger partial charge in [0.2, 0.25) is 0 Å². The van der Waals surface area contributed by atoms with E-state index < -0.39 is 0 Å². The minimum Gasteiger partial charge on any atom is -0.505 e. The molecule has 2 rings (SSSR count). The molecule has 1 amide bonds. The molecule has 4 heteroatoms. The maximum Gasteiger partial charge on any atom is 0.274 e. The second kappa shape index (κ2) is 4.73. The molecule has 0 saturated heterocycles. The quantitative estimate of drug-likeness (QED) is 0.825. The fourth-order valence-electron chi connectivity index (χ4n) is 2.36. The molecule has 1 aliphatic carbocycles. The Labute approximate surface area is 101 Å². The van der Waals surface area contributed by atoms with Crippen molar-refractivity contribution in [2.24, 2.45) is 0 Å². The molecular weight excluding hydrogens is 216 g/mol. The van der Waals surface area contributed by atoms with E-state index in [1.165, 1.54) is 18.7 Å². The number of aromatic nitrogens is 1. The lowest BCUT2D eigenvalue weighted by atomic mass is 9.83. The summed E-state index contributed by atoms with van der Waals surface area (Å²) in [6, 6.07) is 3.08. The van der Waals surface area contributed by atoms with E-state index in [2.05, 4.69) is 17.2 Å². The molecule has 4 nitrogen and oxygen atoms in total. The van der Waals surface area contributed by atoms with Gasteiger partial charge in [-0.25, -0.2) is 4.98 Å². The predicted octanol–water partition coefficient (Wildman–Crippen LogP) is 2.24. The summed E-state index contributed by atoms with van der Waals surface area (Å²) in [6.45, 7) is 2.06. The van der Waals surface area contributed by atoms with E-state index in [1.54, 1.807) is 6.07 Å². The molecule has 1 heterocycles. The summed E-state index contributed by atoms with van der Waals surface area (Å²) in [7, 11) is 0. The van der Waals surface area contributed by atoms with Crippen LogP contribution in [-0.4, -0.2) is 21.5 Å². The molecule has 92 valence electrons. The van der Waals surface area contributed by atoms with Crippen LogP contribution in [0.3, 0.4) is 0 Å². The summed E-state index contributed by atoms with van der Waals surface area (Å²) in [5, 5.41) is 12.6. The summed E-state index contributed by atoms with van der Waals surface area (Å²) < 4.78 is 0. The zero-order valence-electron chi connectivity index (χ0n) is 10.1. The number of rotatable bonds is 2. The van der Waals surface area contributed by atoms with E-state index in [1.807, 2.05) is 0 Å². The molecule has 1 aromatic rings. The number of amides is 1. The van der Waals surface area contributed by atoms with Gasteiger partial charge in [0.15, 0.2) is 5.69 Å². The van der Waals surface area contributed by atoms with E-state index in [-0.39, 0.29) is 22.9 Å². The number of aromatic hydroxyl groups is 1. The second-order valence-corrected chi connectivity index (χ2v) is 4.95. The Morgan fingerprint density at radius 2 is 2.12 bits per heavy atom. The van der Waals surface area contributed by atoms with E-state index in [0.29, 0.717) is 0 Å². The molecule has 0 atom stereocenters. The first-order valence-corrected chi connectivity index (χ1v) is 6.07. The van der Waals surface area contributed by atoms with Crippen LogP contribution < -0.4 is 5.32 Å². The number of hydrogen-bond donors (Lipinski definition) is 2. The molecule has 1 saturated carbocycles. The zero-order chi connectivity index (χ0) is 12.3. The fourth-order valence-corrected chi connectivity index (χ4v) is 2.36. The average Bonchev–Trinajstić information content (AvgIpc) is 2.29. The Morgan fingerprint density at radius 3 is 2.76 bits per heavy atom. The molecule has 0 spiro atoms. The minimum atomic E-state index is -0.285. The van der Waals surface area contributed by atoms with Gasteiger partial charge in [0, 0.05) is 11.7 Å². The lowest BCUT2D eigenvalue weighted by molar-refractivity contribution is 0.0874. The summed E-state index contributed by atoms with van der Waals surface area (Å²) in [6.07, 6.45) is 7.02. The molecule has 0 unspecified atom stereocenters. The molecule has 0 aromatic carbocycles. The van der Waals surface area contributed by atoms with Crippen LogP contribution >= 0.6 is 0 Å². The molecule has 0 aliphatic heterocycles. The molecular formula is C13H18N2O2. The summed E-state index contributed by atoms with van der Waals surface area (Å²) >= 11 is 0. The van der Waals surface area contributed by atoms with Crippen LogP contribution in [0.2, 0.25) is 0 Å². The zero-order valence-corrected chi connectivity index (χ0v) is 10.1. The first-order valence-electron chi connectivity index (χ1n) is 6.07. The van der Waals surface area contributed by atoms with Crippen molar-refractivity contribution in [1.82, 2.24) is 10.3 Å². The lowest BCUT2D eigenvalue weighted by Gasteiger charge is -2.34. The standard InChI is InChI=1S/C13H18N2O2/c1-13(7-3-2-4-8-13)15-12(17)11-10(16)6-5-9-14-11/h5-6,9,16H,2-4,7-8H2,1H3,(H,15,17). The summed E-state index contributed by atoms with van der Waals surface area (Å²) in [4.78, 5) is 15.9. The molecule has 1 fully saturated rings. The number of carbonyl (C=O) groups excluding carboxylic acids is 1. The molecule has 2 N–H and O–H groups in total. The van der Waals surface area contributed by atoms with Crippen molar-refractivity contribution in [3.8, 4) is 5.75 Å². The Balaban J connectivity index is 2.09. The van der Waals surface area contributed by atoms with Crippen molar-refractivity contribution in [3.05, 3.63) is 24.0 Å². The molecule has 17 heavy (non-hydrogen) atoms. The van der Waals surface area contributed by atoms with E-state index in [0.717, 1.165) is 25.7 Å². The second-order valence-electron chi connectivity index (χ2n) is 4.95. The number of pyridine rings is 1. The van der Waals surface area contributed by atoms with Gasteiger partial charge in [0.05, 0.1) is 0 Å². The number of carbonyl (C=O) groups is 1. The highest BCUT2D eigenvalue weighted by atomic mass is 16.3. The maximum atomic E-state index is 12.0. The van der Waals surface area contributed by atoms with Crippen molar-refractivity contribution in [2.45, 2.75) is 44.6 Å². The molecule has 0 bridgehead atoms. The third kappa shape index (κ3) is 2.75. The summed E-state index contributed by atoms with van der Waals surface area (Å²) in [5.41, 5.74) is -0.0430. The van der Waals surface area contributed by atoms with Crippen LogP contribution in [0, 0.1) is 0 Å². The smallest absolute Gasteiger partial charge is 0.274 e. The molecule has 0 radical (unpaired) electrons. The van der Waals surface area contributed by atoms with Gasteiger partial charge in [0.1, 0.15) is 5.75 Å². The first-order chi connectivity index (χ1) is 8.11. The first kappa shape index (κ1) is 11.9. The van der Waals surface area contributed by atoms with Gasteiger partial charge < -0.3 is 10.4 Å². The van der Waals surface area contributed by atoms with Gasteiger partial charge in [-0.05, 0) is 31.9 Å². The van der Waals surface area contributed by atoms with Crippen LogP contribution in [-0.2, 0) is 0 Å². The van der Waals surface area contributed by atoms with Crippen molar-refractivity contribution in [1.29, 1.82) is 0 Å². The van der Waals surface area contributed by atoms with Gasteiger partial charge in [-0.3, -0.25) is 4.79 Å². The Kier molecular flexibility index (Phi) is 3.31. The minimum absolute atomic E-state index is 0.0654. The highest BCUT2D eigenvalue weighted by molar-refractivity contribution is 5.95. The Hall–Kier alpha value is -1.58. The fraction of sp³-hybridized carbons (Fsp3) is 0.538. The van der Waals surface area contributed by atoms with Crippen LogP contribution in [0.4, 0.5) is 0 Å². The van der Waals surface area contributed by atoms with Crippen molar-refractivity contribution in [2.75, 3.05) is 0 Å². The van der Waals surface area contributed by atoms with Gasteiger partial charge in [0.25, 0.3) is 5.91 Å². The molecule has 1 aliphatic rings. The van der Waals surface area contributed by atoms with E-state index >= 15 is 0 Å². The van der Waals surface area contributed by atoms with Gasteiger partial charge >= 0.3 is 0 Å². The number of hydrogen-bond acceptors (Lipinski definition) is 3. The SMILES string of the molecule is CC1(NC(=O)c2ncccc2O)CCCCC1. The highest BCUT2D eigenvalue weighted by Crippen LogP contribution is 2.28. The topological polar surface area (TPSA) is 62.2 Å². The third-order valence-corrected chi connectivity index (χ3v) is 3.37. The van der Waals surface area contributed by atoms with Crippen LogP contribution in [0.15, 0.2) is 18.3 Å². The average molecular weight is 234 g/mol. The molecule has 1 aromatic heterocycles. The Morgan fingerprint density at radius 1 is 1.41 bits per heavy atom. The van der Waals surface area contributed by atoms with Crippen LogP contribution in [0.25, 0.3) is 0 Å². The lowest BCUT2D eigenvalue weighted by Crippen LogP contribution is -2.47. The van der Waals surface area contributed by atoms with E-state index in [9.17, 15) is 9.90 Å². The van der Waals surface area contributed by atoms with Crippen molar-refractivity contribution < 1.29 is 9.90 Å². The summed E-state index contributed by atoms with van der Waals surface area (Å²) in [5.74, 6) is -0.350. The van der Waals surface area contributed by atoms with Crippen LogP contribution in [0.1, 0.15) is 49.5 Å². The highest BCUT2D eigenvalue weighted by Gasteiger charge is 2.29. The Bertz CT molecular complexity index is 412. The number of nitrogens with zero attached hydrogens (tertiary/aromatic N) is 1. The predicted molar refractivity (Wildman–Crippen MR) is 64.9 cm³/mol. The van der Waals surface area contributed by atoms with E-state index in [4.69, 9.17) is 0 Å². The van der Waals surface area contributed by atoms with Crippen LogP contribution in [0.5, 0.6) is 5.75 Å². The normalized spacial score (nSPS) is 18.6. The van der Waals surface area contributed by atoms with Gasteiger partial charge in [-0.2, -0.15) is 0 Å². The van der Waals surface area contributed by atoms with Crippen molar-refractivity contribution >= 4 is 5.91 Å². The van der Waals surface area contributed by atoms with Crippen molar-refractivity contribution in [3.63, 3.8) is 0 Å². The third-order valence-electron chi connectivity index (χ3n) is 3.37. The number of nitrogens with one attached hydrogen (secondary N) is 1. The van der Waals surface area contributed by atoms with Gasteiger partial charge in [-0.1, -0.05) is 19.3 Å². The maximum absolute atomic E-state index is 12.0. The largest absolute Gasteiger partial charge is 0.505 e. The monoisotopic (exact) mass is 234 g/mol. The van der Waals surface area contributed by atoms with Gasteiger partial charge in [-0.15, -0.1) is 0 Å².